The summed E-state index contributed by atoms with van der Waals surface area (Å²) in [7, 11) is 0. The standard InChI is InChI=1S/C62H59N4O.Pt/c1-59(2,3)44-27-32-55-57(37-44)65(48-24-17-23-46(35-48)61(7,8)42-19-13-11-14-20-42)41-64(55)49-25-18-26-50(39-49)67-51-29-30-52-53-36-47(62(9,10)43-21-15-12-16-22-43)28-31-54(53)66(56(52)40-51)58-38-45(33-34-63-58)60(4,5)6;/h11-38,41H,1-10H3;/q-3;. The molecule has 9 aromatic rings. The van der Waals surface area contributed by atoms with Gasteiger partial charge in [-0.2, -0.15) is 12.1 Å². The van der Waals surface area contributed by atoms with Crippen LogP contribution in [-0.2, 0) is 42.7 Å². The molecule has 2 aromatic heterocycles. The zero-order chi connectivity index (χ0) is 46.9. The number of fused-ring (bicyclic) bond motifs is 4. The van der Waals surface area contributed by atoms with Gasteiger partial charge in [-0.15, -0.1) is 48.1 Å². The molecule has 0 unspecified atom stereocenters. The summed E-state index contributed by atoms with van der Waals surface area (Å²) in [5.74, 6) is 2.05. The first-order valence-electron chi connectivity index (χ1n) is 23.4. The molecule has 1 aliphatic heterocycles. The van der Waals surface area contributed by atoms with E-state index in [1.54, 1.807) is 0 Å². The summed E-state index contributed by atoms with van der Waals surface area (Å²) in [5.41, 5.74) is 13.2. The summed E-state index contributed by atoms with van der Waals surface area (Å²) in [6.07, 6.45) is 1.92. The zero-order valence-electron chi connectivity index (χ0n) is 40.8. The van der Waals surface area contributed by atoms with Crippen LogP contribution in [0.1, 0.15) is 103 Å². The predicted molar refractivity (Wildman–Crippen MR) is 279 cm³/mol. The van der Waals surface area contributed by atoms with Crippen LogP contribution in [0.25, 0.3) is 27.6 Å². The monoisotopic (exact) mass is 1070 g/mol. The number of hydrogen-bond donors (Lipinski definition) is 0. The molecule has 0 spiro atoms. The molecule has 346 valence electrons. The van der Waals surface area contributed by atoms with Crippen molar-refractivity contribution in [3.63, 3.8) is 0 Å². The first-order valence-corrected chi connectivity index (χ1v) is 23.4. The van der Waals surface area contributed by atoms with Gasteiger partial charge >= 0.3 is 0 Å². The Hall–Kier alpha value is -6.42. The zero-order valence-corrected chi connectivity index (χ0v) is 43.0. The molecule has 0 N–H and O–H groups in total. The van der Waals surface area contributed by atoms with Gasteiger partial charge in [0, 0.05) is 72.2 Å². The largest absolute Gasteiger partial charge is 0.509 e. The Bertz CT molecular complexity index is 3280. The van der Waals surface area contributed by atoms with Crippen LogP contribution in [0, 0.1) is 18.8 Å². The molecular weight excluding hydrogens is 1010 g/mol. The van der Waals surface area contributed by atoms with E-state index in [9.17, 15) is 0 Å². The summed E-state index contributed by atoms with van der Waals surface area (Å²) in [6, 6.07) is 66.1. The van der Waals surface area contributed by atoms with Gasteiger partial charge in [-0.25, -0.2) is 4.98 Å². The van der Waals surface area contributed by atoms with Crippen molar-refractivity contribution in [2.75, 3.05) is 9.80 Å². The molecule has 68 heavy (non-hydrogen) atoms. The molecule has 0 saturated carbocycles. The number of aromatic nitrogens is 2. The average Bonchev–Trinajstić information content (AvgIpc) is 3.87. The molecule has 3 heterocycles. The van der Waals surface area contributed by atoms with Crippen LogP contribution >= 0.6 is 0 Å². The van der Waals surface area contributed by atoms with Crippen LogP contribution in [-0.4, -0.2) is 9.55 Å². The fraction of sp³-hybridized carbons (Fsp3) is 0.226. The fourth-order valence-corrected chi connectivity index (χ4v) is 9.48. The van der Waals surface area contributed by atoms with Crippen molar-refractivity contribution in [2.24, 2.45) is 0 Å². The van der Waals surface area contributed by atoms with Crippen molar-refractivity contribution in [1.82, 2.24) is 9.55 Å². The second-order valence-electron chi connectivity index (χ2n) is 21.1. The first-order chi connectivity index (χ1) is 32.0. The van der Waals surface area contributed by atoms with Gasteiger partial charge in [0.1, 0.15) is 5.82 Å². The second-order valence-corrected chi connectivity index (χ2v) is 21.1. The average molecular weight is 1070 g/mol. The Morgan fingerprint density at radius 3 is 1.75 bits per heavy atom. The quantitative estimate of drug-likeness (QED) is 0.135. The number of rotatable bonds is 9. The molecule has 5 nitrogen and oxygen atoms in total. The van der Waals surface area contributed by atoms with Crippen molar-refractivity contribution in [1.29, 1.82) is 0 Å². The number of pyridine rings is 1. The molecule has 0 aliphatic carbocycles. The van der Waals surface area contributed by atoms with Gasteiger partial charge in [-0.05, 0) is 92.1 Å². The summed E-state index contributed by atoms with van der Waals surface area (Å²) in [5, 5.41) is 2.23. The first kappa shape index (κ1) is 46.7. The van der Waals surface area contributed by atoms with Crippen molar-refractivity contribution >= 4 is 44.6 Å². The van der Waals surface area contributed by atoms with Crippen molar-refractivity contribution in [3.8, 4) is 17.3 Å². The third-order valence-electron chi connectivity index (χ3n) is 13.9. The van der Waals surface area contributed by atoms with Crippen LogP contribution in [0.2, 0.25) is 0 Å². The smallest absolute Gasteiger partial charge is 0.135 e. The van der Waals surface area contributed by atoms with Gasteiger partial charge in [0.2, 0.25) is 0 Å². The normalized spacial score (nSPS) is 13.2. The third kappa shape index (κ3) is 8.56. The molecule has 0 amide bonds. The molecule has 6 heteroatoms. The van der Waals surface area contributed by atoms with Gasteiger partial charge in [0.15, 0.2) is 0 Å². The minimum atomic E-state index is -0.204. The maximum absolute atomic E-state index is 6.75. The number of ether oxygens (including phenoxy) is 1. The molecule has 0 fully saturated rings. The predicted octanol–water partition coefficient (Wildman–Crippen LogP) is 16.2. The molecule has 7 aromatic carbocycles. The van der Waals surface area contributed by atoms with E-state index in [0.717, 1.165) is 50.4 Å². The van der Waals surface area contributed by atoms with Crippen LogP contribution < -0.4 is 14.5 Å². The van der Waals surface area contributed by atoms with Gasteiger partial charge in [0.25, 0.3) is 0 Å². The summed E-state index contributed by atoms with van der Waals surface area (Å²) >= 11 is 0. The minimum Gasteiger partial charge on any atom is -0.509 e. The molecule has 1 aliphatic rings. The topological polar surface area (TPSA) is 33.5 Å². The van der Waals surface area contributed by atoms with E-state index in [4.69, 9.17) is 9.72 Å². The number of nitrogens with zero attached hydrogens (tertiary/aromatic N) is 4. The third-order valence-corrected chi connectivity index (χ3v) is 13.9. The van der Waals surface area contributed by atoms with Crippen LogP contribution in [0.15, 0.2) is 170 Å². The molecule has 0 bridgehead atoms. The second kappa shape index (κ2) is 17.6. The van der Waals surface area contributed by atoms with Crippen molar-refractivity contribution in [2.45, 2.75) is 90.9 Å². The molecule has 0 saturated heterocycles. The Morgan fingerprint density at radius 1 is 0.471 bits per heavy atom. The Balaban J connectivity index is 0.00000578. The van der Waals surface area contributed by atoms with Gasteiger partial charge in [-0.1, -0.05) is 166 Å². The SMILES string of the molecule is CC(C)(C)c1ccnc(-n2c3[c-]c(Oc4[c-]c(N5[CH-]N(c6cccc(C(C)(C)c7ccccc7)c6)c6cc(C(C)(C)C)ccc65)ccc4)ccc3c3cc(C(C)(C)c4ccccc4)ccc32)c1.[Pt]. The van der Waals surface area contributed by atoms with E-state index in [0.29, 0.717) is 11.5 Å². The van der Waals surface area contributed by atoms with Crippen molar-refractivity contribution < 1.29 is 25.8 Å². The van der Waals surface area contributed by atoms with Crippen LogP contribution in [0.5, 0.6) is 11.5 Å². The van der Waals surface area contributed by atoms with E-state index >= 15 is 0 Å². The summed E-state index contributed by atoms with van der Waals surface area (Å²) < 4.78 is 8.98. The molecule has 0 radical (unpaired) electrons. The van der Waals surface area contributed by atoms with Crippen LogP contribution in [0.3, 0.4) is 0 Å². The van der Waals surface area contributed by atoms with E-state index < -0.39 is 0 Å². The Labute approximate surface area is 417 Å². The number of anilines is 4. The number of benzene rings is 7. The molecule has 10 rings (SSSR count). The maximum atomic E-state index is 6.75. The summed E-state index contributed by atoms with van der Waals surface area (Å²) in [6.45, 7) is 24.9. The Kier molecular flexibility index (Phi) is 12.1. The van der Waals surface area contributed by atoms with Crippen molar-refractivity contribution in [3.05, 3.63) is 222 Å². The van der Waals surface area contributed by atoms with E-state index in [1.165, 1.54) is 33.4 Å². The number of hydrogen-bond acceptors (Lipinski definition) is 4. The van der Waals surface area contributed by atoms with E-state index in [2.05, 4.69) is 248 Å². The van der Waals surface area contributed by atoms with Gasteiger partial charge in [-0.3, -0.25) is 0 Å². The fourth-order valence-electron chi connectivity index (χ4n) is 9.48. The Morgan fingerprint density at radius 2 is 1.07 bits per heavy atom. The summed E-state index contributed by atoms with van der Waals surface area (Å²) in [4.78, 5) is 9.49. The van der Waals surface area contributed by atoms with Gasteiger partial charge in [0.05, 0.1) is 0 Å². The van der Waals surface area contributed by atoms with Gasteiger partial charge < -0.3 is 19.1 Å². The van der Waals surface area contributed by atoms with Crippen LogP contribution in [0.4, 0.5) is 22.7 Å². The maximum Gasteiger partial charge on any atom is 0.135 e. The van der Waals surface area contributed by atoms with E-state index in [-0.39, 0.29) is 42.7 Å². The molecule has 0 atom stereocenters. The van der Waals surface area contributed by atoms with E-state index in [1.807, 2.05) is 24.4 Å². The molecular formula is C62H59N4OPt-3. The minimum absolute atomic E-state index is 0.